The number of nitrogen functional groups attached to an aromatic ring is 1. The molecule has 2 aromatic rings. The Hall–Kier alpha value is -1.49. The third-order valence-electron chi connectivity index (χ3n) is 2.47. The molecule has 2 aromatic heterocycles. The number of nitrogens with zero attached hydrogens (tertiary/aromatic N) is 3. The van der Waals surface area contributed by atoms with Gasteiger partial charge in [-0.1, -0.05) is 25.6 Å². The van der Waals surface area contributed by atoms with Crippen LogP contribution in [0.4, 0.5) is 5.69 Å². The molecule has 0 spiro atoms. The van der Waals surface area contributed by atoms with E-state index in [4.69, 9.17) is 5.73 Å². The monoisotopic (exact) mass is 248 g/mol. The molecule has 0 bridgehead atoms. The smallest absolute Gasteiger partial charge is 0.122 e. The molecule has 90 valence electrons. The predicted molar refractivity (Wildman–Crippen MR) is 70.1 cm³/mol. The molecule has 4 nitrogen and oxygen atoms in total. The van der Waals surface area contributed by atoms with Gasteiger partial charge in [-0.05, 0) is 18.1 Å². The molecule has 0 radical (unpaired) electrons. The van der Waals surface area contributed by atoms with Crippen molar-refractivity contribution in [2.45, 2.75) is 29.7 Å². The van der Waals surface area contributed by atoms with Crippen LogP contribution in [-0.2, 0) is 7.05 Å². The molecule has 0 aliphatic carbocycles. The van der Waals surface area contributed by atoms with Gasteiger partial charge in [-0.3, -0.25) is 9.67 Å². The maximum Gasteiger partial charge on any atom is 0.122 e. The summed E-state index contributed by atoms with van der Waals surface area (Å²) in [5.74, 6) is 0.341. The van der Waals surface area contributed by atoms with Gasteiger partial charge in [0, 0.05) is 24.3 Å². The van der Waals surface area contributed by atoms with Gasteiger partial charge >= 0.3 is 0 Å². The van der Waals surface area contributed by atoms with Gasteiger partial charge in [0.25, 0.3) is 0 Å². The fourth-order valence-corrected chi connectivity index (χ4v) is 2.48. The van der Waals surface area contributed by atoms with Crippen molar-refractivity contribution in [1.29, 1.82) is 0 Å². The lowest BCUT2D eigenvalue weighted by molar-refractivity contribution is 0.671. The van der Waals surface area contributed by atoms with E-state index in [-0.39, 0.29) is 0 Å². The molecular formula is C12H16N4S. The molecule has 0 fully saturated rings. The lowest BCUT2D eigenvalue weighted by Crippen LogP contribution is -1.94. The molecule has 17 heavy (non-hydrogen) atoms. The number of hydrogen-bond donors (Lipinski definition) is 1. The molecule has 0 unspecified atom stereocenters. The normalized spacial score (nSPS) is 11.1. The van der Waals surface area contributed by atoms with E-state index >= 15 is 0 Å². The number of aryl methyl sites for hydroxylation is 1. The Kier molecular flexibility index (Phi) is 3.38. The minimum absolute atomic E-state index is 0.341. The second kappa shape index (κ2) is 4.79. The summed E-state index contributed by atoms with van der Waals surface area (Å²) in [5, 5.41) is 5.45. The summed E-state index contributed by atoms with van der Waals surface area (Å²) >= 11 is 1.61. The molecule has 0 saturated carbocycles. The standard InChI is InChI=1S/C12H16N4S/c1-8(2)11-10(13)12(16(3)15-11)17-9-4-6-14-7-5-9/h4-8H,13H2,1-3H3. The lowest BCUT2D eigenvalue weighted by Gasteiger charge is -2.03. The van der Waals surface area contributed by atoms with Crippen LogP contribution in [0.3, 0.4) is 0 Å². The molecule has 0 saturated heterocycles. The van der Waals surface area contributed by atoms with Crippen LogP contribution in [0.5, 0.6) is 0 Å². The third-order valence-corrected chi connectivity index (χ3v) is 3.65. The van der Waals surface area contributed by atoms with E-state index in [2.05, 4.69) is 23.9 Å². The van der Waals surface area contributed by atoms with Crippen LogP contribution in [0.15, 0.2) is 34.4 Å². The van der Waals surface area contributed by atoms with Crippen LogP contribution in [0.1, 0.15) is 25.5 Å². The predicted octanol–water partition coefficient (Wildman–Crippen LogP) is 2.67. The van der Waals surface area contributed by atoms with E-state index in [1.54, 1.807) is 24.2 Å². The van der Waals surface area contributed by atoms with Crippen molar-refractivity contribution in [3.05, 3.63) is 30.2 Å². The van der Waals surface area contributed by atoms with Gasteiger partial charge in [-0.25, -0.2) is 0 Å². The van der Waals surface area contributed by atoms with Gasteiger partial charge in [0.2, 0.25) is 0 Å². The SMILES string of the molecule is CC(C)c1nn(C)c(Sc2ccncc2)c1N. The average Bonchev–Trinajstić information content (AvgIpc) is 2.58. The van der Waals surface area contributed by atoms with Crippen LogP contribution in [-0.4, -0.2) is 14.8 Å². The van der Waals surface area contributed by atoms with Crippen LogP contribution in [0, 0.1) is 0 Å². The van der Waals surface area contributed by atoms with Crippen molar-refractivity contribution >= 4 is 17.4 Å². The summed E-state index contributed by atoms with van der Waals surface area (Å²) in [6.07, 6.45) is 3.55. The number of hydrogen-bond acceptors (Lipinski definition) is 4. The van der Waals surface area contributed by atoms with E-state index in [0.29, 0.717) is 5.92 Å². The van der Waals surface area contributed by atoms with Crippen molar-refractivity contribution < 1.29 is 0 Å². The average molecular weight is 248 g/mol. The Labute approximate surface area is 105 Å². The quantitative estimate of drug-likeness (QED) is 0.907. The van der Waals surface area contributed by atoms with Gasteiger partial charge in [0.15, 0.2) is 0 Å². The van der Waals surface area contributed by atoms with Crippen molar-refractivity contribution in [3.63, 3.8) is 0 Å². The lowest BCUT2D eigenvalue weighted by atomic mass is 10.1. The highest BCUT2D eigenvalue weighted by Gasteiger charge is 2.16. The fraction of sp³-hybridized carbons (Fsp3) is 0.333. The number of rotatable bonds is 3. The molecule has 0 aromatic carbocycles. The molecule has 0 amide bonds. The highest BCUT2D eigenvalue weighted by molar-refractivity contribution is 7.99. The van der Waals surface area contributed by atoms with E-state index in [1.807, 2.05) is 23.9 Å². The minimum atomic E-state index is 0.341. The van der Waals surface area contributed by atoms with Crippen molar-refractivity contribution in [3.8, 4) is 0 Å². The third kappa shape index (κ3) is 2.44. The first-order valence-corrected chi connectivity index (χ1v) is 6.31. The molecule has 2 heterocycles. The Morgan fingerprint density at radius 3 is 2.47 bits per heavy atom. The highest BCUT2D eigenvalue weighted by Crippen LogP contribution is 2.35. The van der Waals surface area contributed by atoms with Gasteiger partial charge in [0.1, 0.15) is 5.03 Å². The van der Waals surface area contributed by atoms with Crippen LogP contribution >= 0.6 is 11.8 Å². The van der Waals surface area contributed by atoms with E-state index in [0.717, 1.165) is 21.3 Å². The fourth-order valence-electron chi connectivity index (χ4n) is 1.61. The molecule has 2 rings (SSSR count). The van der Waals surface area contributed by atoms with Crippen LogP contribution in [0.2, 0.25) is 0 Å². The Morgan fingerprint density at radius 1 is 1.29 bits per heavy atom. The largest absolute Gasteiger partial charge is 0.395 e. The second-order valence-corrected chi connectivity index (χ2v) is 5.23. The topological polar surface area (TPSA) is 56.7 Å². The maximum atomic E-state index is 6.13. The van der Waals surface area contributed by atoms with Crippen molar-refractivity contribution in [1.82, 2.24) is 14.8 Å². The minimum Gasteiger partial charge on any atom is -0.395 e. The first kappa shape index (κ1) is 12.0. The van der Waals surface area contributed by atoms with E-state index in [1.165, 1.54) is 0 Å². The highest BCUT2D eigenvalue weighted by atomic mass is 32.2. The van der Waals surface area contributed by atoms with Crippen LogP contribution in [0.25, 0.3) is 0 Å². The Bertz CT molecular complexity index is 505. The van der Waals surface area contributed by atoms with Crippen molar-refractivity contribution in [2.24, 2.45) is 7.05 Å². The first-order valence-electron chi connectivity index (χ1n) is 5.50. The number of anilines is 1. The number of nitrogens with two attached hydrogens (primary N) is 1. The van der Waals surface area contributed by atoms with Gasteiger partial charge in [0.05, 0.1) is 11.4 Å². The van der Waals surface area contributed by atoms with E-state index < -0.39 is 0 Å². The summed E-state index contributed by atoms with van der Waals surface area (Å²) in [6.45, 7) is 4.19. The summed E-state index contributed by atoms with van der Waals surface area (Å²) in [6, 6.07) is 3.93. The van der Waals surface area contributed by atoms with Gasteiger partial charge in [-0.2, -0.15) is 5.10 Å². The summed E-state index contributed by atoms with van der Waals surface area (Å²) in [7, 11) is 1.92. The number of aromatic nitrogens is 3. The zero-order valence-corrected chi connectivity index (χ0v) is 11.0. The summed E-state index contributed by atoms with van der Waals surface area (Å²) in [5.41, 5.74) is 7.88. The summed E-state index contributed by atoms with van der Waals surface area (Å²) in [4.78, 5) is 5.11. The molecule has 0 atom stereocenters. The zero-order chi connectivity index (χ0) is 12.4. The Morgan fingerprint density at radius 2 is 1.94 bits per heavy atom. The first-order chi connectivity index (χ1) is 8.09. The maximum absolute atomic E-state index is 6.13. The van der Waals surface area contributed by atoms with Gasteiger partial charge < -0.3 is 5.73 Å². The molecule has 2 N–H and O–H groups in total. The summed E-state index contributed by atoms with van der Waals surface area (Å²) < 4.78 is 1.84. The van der Waals surface area contributed by atoms with Gasteiger partial charge in [-0.15, -0.1) is 0 Å². The van der Waals surface area contributed by atoms with Crippen LogP contribution < -0.4 is 5.73 Å². The zero-order valence-electron chi connectivity index (χ0n) is 10.2. The second-order valence-electron chi connectivity index (χ2n) is 4.17. The Balaban J connectivity index is 2.34. The molecule has 5 heteroatoms. The number of pyridine rings is 1. The molecule has 0 aliphatic rings. The molecule has 0 aliphatic heterocycles. The molecular weight excluding hydrogens is 232 g/mol. The van der Waals surface area contributed by atoms with E-state index in [9.17, 15) is 0 Å². The van der Waals surface area contributed by atoms with Crippen molar-refractivity contribution in [2.75, 3.05) is 5.73 Å².